The summed E-state index contributed by atoms with van der Waals surface area (Å²) in [6.45, 7) is 4.38. The summed E-state index contributed by atoms with van der Waals surface area (Å²) in [5, 5.41) is 0. The normalized spacial score (nSPS) is 13.3. The molecule has 1 nitrogen and oxygen atoms in total. The molecule has 1 unspecified atom stereocenters. The van der Waals surface area contributed by atoms with Crippen LogP contribution in [0.15, 0.2) is 18.2 Å². The zero-order chi connectivity index (χ0) is 10.7. The number of rotatable bonds is 3. The third kappa shape index (κ3) is 2.51. The zero-order valence-electron chi connectivity index (χ0n) is 8.43. The molecule has 3 heteroatoms. The van der Waals surface area contributed by atoms with Crippen molar-refractivity contribution in [2.24, 2.45) is 11.7 Å². The lowest BCUT2D eigenvalue weighted by Gasteiger charge is -2.19. The Morgan fingerprint density at radius 3 is 2.00 bits per heavy atom. The average Bonchev–Trinajstić information content (AvgIpc) is 2.02. The van der Waals surface area contributed by atoms with Gasteiger partial charge in [-0.1, -0.05) is 13.8 Å². The van der Waals surface area contributed by atoms with Crippen molar-refractivity contribution in [1.29, 1.82) is 0 Å². The van der Waals surface area contributed by atoms with Crippen molar-refractivity contribution in [2.75, 3.05) is 6.54 Å². The van der Waals surface area contributed by atoms with E-state index in [9.17, 15) is 8.78 Å². The van der Waals surface area contributed by atoms with E-state index in [1.807, 2.05) is 13.8 Å². The summed E-state index contributed by atoms with van der Waals surface area (Å²) in [5.41, 5.74) is 6.20. The summed E-state index contributed by atoms with van der Waals surface area (Å²) in [7, 11) is 0. The van der Waals surface area contributed by atoms with Crippen molar-refractivity contribution < 1.29 is 8.78 Å². The quantitative estimate of drug-likeness (QED) is 0.795. The lowest BCUT2D eigenvalue weighted by atomic mass is 9.88. The second-order valence-corrected chi connectivity index (χ2v) is 3.79. The summed E-state index contributed by atoms with van der Waals surface area (Å²) in [4.78, 5) is 0. The smallest absolute Gasteiger partial charge is 0.126 e. The monoisotopic (exact) mass is 199 g/mol. The summed E-state index contributed by atoms with van der Waals surface area (Å²) in [6.07, 6.45) is 0. The maximum Gasteiger partial charge on any atom is 0.126 e. The van der Waals surface area contributed by atoms with Gasteiger partial charge < -0.3 is 5.73 Å². The molecule has 0 aliphatic heterocycles. The fourth-order valence-electron chi connectivity index (χ4n) is 1.58. The van der Waals surface area contributed by atoms with Crippen LogP contribution in [0, 0.1) is 17.6 Å². The molecule has 0 amide bonds. The van der Waals surface area contributed by atoms with Crippen LogP contribution in [-0.4, -0.2) is 6.54 Å². The van der Waals surface area contributed by atoms with Gasteiger partial charge in [-0.25, -0.2) is 8.78 Å². The summed E-state index contributed by atoms with van der Waals surface area (Å²) >= 11 is 0. The number of nitrogens with two attached hydrogens (primary N) is 1. The minimum Gasteiger partial charge on any atom is -0.330 e. The number of halogens is 2. The Balaban J connectivity index is 3.04. The highest BCUT2D eigenvalue weighted by molar-refractivity contribution is 5.22. The predicted molar refractivity (Wildman–Crippen MR) is 53.0 cm³/mol. The SMILES string of the molecule is CC(C)C(CN)c1cc(F)cc(F)c1. The van der Waals surface area contributed by atoms with E-state index in [0.29, 0.717) is 12.1 Å². The Kier molecular flexibility index (Phi) is 3.58. The first kappa shape index (κ1) is 11.1. The third-order valence-electron chi connectivity index (χ3n) is 2.37. The first-order valence-corrected chi connectivity index (χ1v) is 4.70. The molecule has 1 rings (SSSR count). The van der Waals surface area contributed by atoms with Gasteiger partial charge in [-0.05, 0) is 36.1 Å². The van der Waals surface area contributed by atoms with Crippen LogP contribution in [0.5, 0.6) is 0 Å². The van der Waals surface area contributed by atoms with Gasteiger partial charge in [0, 0.05) is 6.07 Å². The molecule has 0 aliphatic carbocycles. The molecule has 0 saturated carbocycles. The Bertz CT molecular complexity index is 290. The van der Waals surface area contributed by atoms with Crippen LogP contribution in [0.25, 0.3) is 0 Å². The fraction of sp³-hybridized carbons (Fsp3) is 0.455. The van der Waals surface area contributed by atoms with E-state index in [4.69, 9.17) is 5.73 Å². The standard InChI is InChI=1S/C11H15F2N/c1-7(2)11(6-14)8-3-9(12)5-10(13)4-8/h3-5,7,11H,6,14H2,1-2H3. The molecule has 14 heavy (non-hydrogen) atoms. The van der Waals surface area contributed by atoms with Crippen molar-refractivity contribution >= 4 is 0 Å². The molecule has 1 atom stereocenters. The summed E-state index contributed by atoms with van der Waals surface area (Å²) in [5.74, 6) is -0.792. The van der Waals surface area contributed by atoms with Crippen molar-refractivity contribution in [3.05, 3.63) is 35.4 Å². The second kappa shape index (κ2) is 4.51. The van der Waals surface area contributed by atoms with E-state index in [2.05, 4.69) is 0 Å². The van der Waals surface area contributed by atoms with Crippen LogP contribution in [0.2, 0.25) is 0 Å². The molecule has 0 spiro atoms. The Labute approximate surface area is 82.9 Å². The fourth-order valence-corrected chi connectivity index (χ4v) is 1.58. The zero-order valence-corrected chi connectivity index (χ0v) is 8.43. The average molecular weight is 199 g/mol. The number of benzene rings is 1. The van der Waals surface area contributed by atoms with Crippen LogP contribution < -0.4 is 5.73 Å². The number of hydrogen-bond donors (Lipinski definition) is 1. The largest absolute Gasteiger partial charge is 0.330 e. The van der Waals surface area contributed by atoms with Gasteiger partial charge in [-0.2, -0.15) is 0 Å². The van der Waals surface area contributed by atoms with Crippen LogP contribution in [-0.2, 0) is 0 Å². The summed E-state index contributed by atoms with van der Waals surface area (Å²) < 4.78 is 25.8. The lowest BCUT2D eigenvalue weighted by Crippen LogP contribution is -2.18. The second-order valence-electron chi connectivity index (χ2n) is 3.79. The van der Waals surface area contributed by atoms with E-state index >= 15 is 0 Å². The molecule has 78 valence electrons. The topological polar surface area (TPSA) is 26.0 Å². The minimum absolute atomic E-state index is 0.0141. The van der Waals surface area contributed by atoms with Gasteiger partial charge in [0.05, 0.1) is 0 Å². The van der Waals surface area contributed by atoms with Crippen molar-refractivity contribution in [3.8, 4) is 0 Å². The predicted octanol–water partition coefficient (Wildman–Crippen LogP) is 2.66. The molecule has 0 radical (unpaired) electrons. The first-order chi connectivity index (χ1) is 6.54. The lowest BCUT2D eigenvalue weighted by molar-refractivity contribution is 0.496. The van der Waals surface area contributed by atoms with Gasteiger partial charge in [0.1, 0.15) is 11.6 Å². The van der Waals surface area contributed by atoms with E-state index in [0.717, 1.165) is 6.07 Å². The molecule has 0 heterocycles. The van der Waals surface area contributed by atoms with Crippen LogP contribution in [0.3, 0.4) is 0 Å². The maximum atomic E-state index is 12.9. The molecule has 0 aromatic heterocycles. The minimum atomic E-state index is -0.543. The van der Waals surface area contributed by atoms with Crippen LogP contribution in [0.1, 0.15) is 25.3 Å². The van der Waals surface area contributed by atoms with Gasteiger partial charge in [-0.3, -0.25) is 0 Å². The molecule has 0 saturated heterocycles. The molecule has 0 bridgehead atoms. The van der Waals surface area contributed by atoms with Gasteiger partial charge >= 0.3 is 0 Å². The Morgan fingerprint density at radius 1 is 1.14 bits per heavy atom. The maximum absolute atomic E-state index is 12.9. The van der Waals surface area contributed by atoms with Gasteiger partial charge in [0.2, 0.25) is 0 Å². The van der Waals surface area contributed by atoms with Crippen LogP contribution >= 0.6 is 0 Å². The molecule has 1 aromatic rings. The van der Waals surface area contributed by atoms with Crippen LogP contribution in [0.4, 0.5) is 8.78 Å². The molecule has 0 aliphatic rings. The molecular weight excluding hydrogens is 184 g/mol. The van der Waals surface area contributed by atoms with Crippen molar-refractivity contribution in [3.63, 3.8) is 0 Å². The molecular formula is C11H15F2N. The van der Waals surface area contributed by atoms with E-state index in [1.54, 1.807) is 0 Å². The van der Waals surface area contributed by atoms with Gasteiger partial charge in [0.25, 0.3) is 0 Å². The van der Waals surface area contributed by atoms with E-state index < -0.39 is 11.6 Å². The summed E-state index contributed by atoms with van der Waals surface area (Å²) in [6, 6.07) is 3.57. The number of hydrogen-bond acceptors (Lipinski definition) is 1. The van der Waals surface area contributed by atoms with Crippen molar-refractivity contribution in [1.82, 2.24) is 0 Å². The van der Waals surface area contributed by atoms with Crippen molar-refractivity contribution in [2.45, 2.75) is 19.8 Å². The first-order valence-electron chi connectivity index (χ1n) is 4.70. The highest BCUT2D eigenvalue weighted by Crippen LogP contribution is 2.24. The molecule has 1 aromatic carbocycles. The van der Waals surface area contributed by atoms with E-state index in [-0.39, 0.29) is 11.8 Å². The highest BCUT2D eigenvalue weighted by atomic mass is 19.1. The third-order valence-corrected chi connectivity index (χ3v) is 2.37. The Hall–Kier alpha value is -0.960. The van der Waals surface area contributed by atoms with E-state index in [1.165, 1.54) is 12.1 Å². The molecule has 2 N–H and O–H groups in total. The Morgan fingerprint density at radius 2 is 1.64 bits per heavy atom. The molecule has 0 fully saturated rings. The van der Waals surface area contributed by atoms with Gasteiger partial charge in [-0.15, -0.1) is 0 Å². The highest BCUT2D eigenvalue weighted by Gasteiger charge is 2.15. The van der Waals surface area contributed by atoms with Gasteiger partial charge in [0.15, 0.2) is 0 Å².